The summed E-state index contributed by atoms with van der Waals surface area (Å²) in [5, 5.41) is 0. The molecule has 1 aromatic rings. The van der Waals surface area contributed by atoms with E-state index >= 15 is 0 Å². The van der Waals surface area contributed by atoms with Crippen LogP contribution in [0, 0.1) is 5.92 Å². The minimum Gasteiger partial charge on any atom is -0.329 e. The summed E-state index contributed by atoms with van der Waals surface area (Å²) >= 11 is 0. The molecule has 0 radical (unpaired) electrons. The van der Waals surface area contributed by atoms with Crippen molar-refractivity contribution in [1.82, 2.24) is 4.90 Å². The van der Waals surface area contributed by atoms with Crippen molar-refractivity contribution in [2.75, 3.05) is 13.1 Å². The summed E-state index contributed by atoms with van der Waals surface area (Å²) in [7, 11) is 0. The van der Waals surface area contributed by atoms with Gasteiger partial charge in [0.25, 0.3) is 0 Å². The highest BCUT2D eigenvalue weighted by atomic mass is 15.2. The first-order valence-electron chi connectivity index (χ1n) is 8.23. The normalized spacial score (nSPS) is 18.1. The van der Waals surface area contributed by atoms with E-state index in [2.05, 4.69) is 49.1 Å². The van der Waals surface area contributed by atoms with Gasteiger partial charge in [-0.3, -0.25) is 4.90 Å². The molecule has 0 aromatic heterocycles. The molecule has 1 fully saturated rings. The second kappa shape index (κ2) is 7.80. The Bertz CT molecular complexity index is 368. The zero-order valence-corrected chi connectivity index (χ0v) is 13.1. The predicted octanol–water partition coefficient (Wildman–Crippen LogP) is 3.98. The molecule has 1 atom stereocenters. The van der Waals surface area contributed by atoms with Crippen molar-refractivity contribution >= 4 is 0 Å². The standard InChI is InChI=1S/C18H30N2/c1-15(2)12-13-20(17-10-6-7-11-17)18(14-19)16-8-4-3-5-9-16/h3-5,8-9,15,17-18H,6-7,10-14,19H2,1-2H3. The van der Waals surface area contributed by atoms with E-state index in [4.69, 9.17) is 5.73 Å². The molecule has 0 bridgehead atoms. The fourth-order valence-electron chi connectivity index (χ4n) is 3.37. The van der Waals surface area contributed by atoms with Gasteiger partial charge in [-0.2, -0.15) is 0 Å². The number of benzene rings is 1. The molecule has 0 spiro atoms. The van der Waals surface area contributed by atoms with E-state index in [1.54, 1.807) is 0 Å². The largest absolute Gasteiger partial charge is 0.329 e. The van der Waals surface area contributed by atoms with Crippen molar-refractivity contribution in [3.63, 3.8) is 0 Å². The Hall–Kier alpha value is -0.860. The molecule has 0 saturated heterocycles. The molecule has 1 unspecified atom stereocenters. The van der Waals surface area contributed by atoms with Crippen molar-refractivity contribution in [2.45, 2.75) is 58.0 Å². The Morgan fingerprint density at radius 3 is 2.35 bits per heavy atom. The summed E-state index contributed by atoms with van der Waals surface area (Å²) in [4.78, 5) is 2.70. The van der Waals surface area contributed by atoms with Crippen LogP contribution in [0.5, 0.6) is 0 Å². The SMILES string of the molecule is CC(C)CCN(C1CCCC1)C(CN)c1ccccc1. The van der Waals surface area contributed by atoms with Crippen LogP contribution in [-0.2, 0) is 0 Å². The third kappa shape index (κ3) is 4.07. The van der Waals surface area contributed by atoms with E-state index in [9.17, 15) is 0 Å². The third-order valence-corrected chi connectivity index (χ3v) is 4.57. The summed E-state index contributed by atoms with van der Waals surface area (Å²) in [6.07, 6.45) is 6.73. The van der Waals surface area contributed by atoms with E-state index in [1.807, 2.05) is 0 Å². The van der Waals surface area contributed by atoms with Gasteiger partial charge in [0, 0.05) is 18.6 Å². The molecule has 1 aliphatic rings. The molecule has 0 aliphatic heterocycles. The van der Waals surface area contributed by atoms with Gasteiger partial charge in [-0.05, 0) is 37.3 Å². The second-order valence-electron chi connectivity index (χ2n) is 6.52. The average molecular weight is 274 g/mol. The van der Waals surface area contributed by atoms with Gasteiger partial charge in [-0.15, -0.1) is 0 Å². The Labute approximate surface area is 124 Å². The molecule has 2 rings (SSSR count). The van der Waals surface area contributed by atoms with Crippen LogP contribution in [-0.4, -0.2) is 24.0 Å². The zero-order valence-electron chi connectivity index (χ0n) is 13.1. The number of hydrogen-bond donors (Lipinski definition) is 1. The number of hydrogen-bond acceptors (Lipinski definition) is 2. The smallest absolute Gasteiger partial charge is 0.0473 e. The molecule has 1 aliphatic carbocycles. The maximum atomic E-state index is 6.14. The molecular weight excluding hydrogens is 244 g/mol. The highest BCUT2D eigenvalue weighted by molar-refractivity contribution is 5.19. The Balaban J connectivity index is 2.13. The summed E-state index contributed by atoms with van der Waals surface area (Å²) < 4.78 is 0. The van der Waals surface area contributed by atoms with E-state index in [0.29, 0.717) is 6.04 Å². The van der Waals surface area contributed by atoms with Gasteiger partial charge in [0.1, 0.15) is 0 Å². The van der Waals surface area contributed by atoms with Crippen molar-refractivity contribution in [2.24, 2.45) is 11.7 Å². The lowest BCUT2D eigenvalue weighted by atomic mass is 10.0. The molecular formula is C18H30N2. The van der Waals surface area contributed by atoms with Gasteiger partial charge in [-0.25, -0.2) is 0 Å². The monoisotopic (exact) mass is 274 g/mol. The highest BCUT2D eigenvalue weighted by Gasteiger charge is 2.28. The van der Waals surface area contributed by atoms with E-state index in [0.717, 1.165) is 18.5 Å². The van der Waals surface area contributed by atoms with Crippen molar-refractivity contribution in [3.05, 3.63) is 35.9 Å². The minimum atomic E-state index is 0.387. The van der Waals surface area contributed by atoms with Crippen LogP contribution in [0.1, 0.15) is 57.6 Å². The molecule has 1 saturated carbocycles. The van der Waals surface area contributed by atoms with Crippen molar-refractivity contribution in [3.8, 4) is 0 Å². The van der Waals surface area contributed by atoms with E-state index in [1.165, 1.54) is 44.2 Å². The lowest BCUT2D eigenvalue weighted by molar-refractivity contribution is 0.131. The minimum absolute atomic E-state index is 0.387. The van der Waals surface area contributed by atoms with Gasteiger partial charge in [0.15, 0.2) is 0 Å². The quantitative estimate of drug-likeness (QED) is 0.815. The molecule has 112 valence electrons. The van der Waals surface area contributed by atoms with Crippen LogP contribution in [0.15, 0.2) is 30.3 Å². The maximum absolute atomic E-state index is 6.14. The fraction of sp³-hybridized carbons (Fsp3) is 0.667. The highest BCUT2D eigenvalue weighted by Crippen LogP contribution is 2.31. The lowest BCUT2D eigenvalue weighted by Crippen LogP contribution is -2.41. The van der Waals surface area contributed by atoms with Gasteiger partial charge < -0.3 is 5.73 Å². The molecule has 0 heterocycles. The summed E-state index contributed by atoms with van der Waals surface area (Å²) in [6.45, 7) is 6.53. The van der Waals surface area contributed by atoms with Gasteiger partial charge in [-0.1, -0.05) is 57.0 Å². The third-order valence-electron chi connectivity index (χ3n) is 4.57. The molecule has 2 nitrogen and oxygen atoms in total. The fourth-order valence-corrected chi connectivity index (χ4v) is 3.37. The first kappa shape index (κ1) is 15.5. The van der Waals surface area contributed by atoms with Gasteiger partial charge in [0.2, 0.25) is 0 Å². The van der Waals surface area contributed by atoms with Crippen LogP contribution in [0.25, 0.3) is 0 Å². The maximum Gasteiger partial charge on any atom is 0.0473 e. The molecule has 2 heteroatoms. The van der Waals surface area contributed by atoms with Gasteiger partial charge in [0.05, 0.1) is 0 Å². The van der Waals surface area contributed by atoms with Crippen LogP contribution < -0.4 is 5.73 Å². The van der Waals surface area contributed by atoms with Crippen LogP contribution in [0.2, 0.25) is 0 Å². The molecule has 2 N–H and O–H groups in total. The Kier molecular flexibility index (Phi) is 6.06. The van der Waals surface area contributed by atoms with Crippen LogP contribution in [0.4, 0.5) is 0 Å². The lowest BCUT2D eigenvalue weighted by Gasteiger charge is -2.36. The molecule has 20 heavy (non-hydrogen) atoms. The van der Waals surface area contributed by atoms with Crippen molar-refractivity contribution in [1.29, 1.82) is 0 Å². The summed E-state index contributed by atoms with van der Waals surface area (Å²) in [5.74, 6) is 0.758. The van der Waals surface area contributed by atoms with Crippen LogP contribution >= 0.6 is 0 Å². The van der Waals surface area contributed by atoms with E-state index < -0.39 is 0 Å². The first-order chi connectivity index (χ1) is 9.72. The average Bonchev–Trinajstić information content (AvgIpc) is 2.98. The predicted molar refractivity (Wildman–Crippen MR) is 86.7 cm³/mol. The number of nitrogens with zero attached hydrogens (tertiary/aromatic N) is 1. The summed E-state index contributed by atoms with van der Waals surface area (Å²) in [6, 6.07) is 11.9. The Morgan fingerprint density at radius 2 is 1.80 bits per heavy atom. The topological polar surface area (TPSA) is 29.3 Å². The number of rotatable bonds is 7. The molecule has 1 aromatic carbocycles. The Morgan fingerprint density at radius 1 is 1.15 bits per heavy atom. The zero-order chi connectivity index (χ0) is 14.4. The second-order valence-corrected chi connectivity index (χ2v) is 6.52. The van der Waals surface area contributed by atoms with Crippen molar-refractivity contribution < 1.29 is 0 Å². The number of nitrogens with two attached hydrogens (primary N) is 1. The first-order valence-corrected chi connectivity index (χ1v) is 8.23. The summed E-state index contributed by atoms with van der Waals surface area (Å²) in [5.41, 5.74) is 7.52. The molecule has 0 amide bonds. The van der Waals surface area contributed by atoms with Gasteiger partial charge >= 0.3 is 0 Å². The van der Waals surface area contributed by atoms with E-state index in [-0.39, 0.29) is 0 Å². The van der Waals surface area contributed by atoms with Crippen LogP contribution in [0.3, 0.4) is 0 Å².